The van der Waals surface area contributed by atoms with Crippen molar-refractivity contribution >= 4 is 0 Å². The van der Waals surface area contributed by atoms with Gasteiger partial charge in [-0.2, -0.15) is 0 Å². The highest BCUT2D eigenvalue weighted by Crippen LogP contribution is 2.41. The normalized spacial score (nSPS) is 36.1. The maximum Gasteiger partial charge on any atom is 0.0708 e. The molecular weight excluding hydrogens is 258 g/mol. The summed E-state index contributed by atoms with van der Waals surface area (Å²) in [5, 5.41) is 3.82. The van der Waals surface area contributed by atoms with Crippen molar-refractivity contribution in [3.63, 3.8) is 0 Å². The Hall–Kier alpha value is -0.0800. The van der Waals surface area contributed by atoms with Crippen LogP contribution in [0.4, 0.5) is 0 Å². The highest BCUT2D eigenvalue weighted by Gasteiger charge is 2.40. The lowest BCUT2D eigenvalue weighted by Gasteiger charge is -2.34. The van der Waals surface area contributed by atoms with Gasteiger partial charge in [0.1, 0.15) is 0 Å². The minimum absolute atomic E-state index is 0.295. The van der Waals surface area contributed by atoms with Gasteiger partial charge in [0, 0.05) is 12.6 Å². The molecule has 2 saturated carbocycles. The molecule has 0 aromatic rings. The molecule has 1 aliphatic heterocycles. The second kappa shape index (κ2) is 7.46. The van der Waals surface area contributed by atoms with Crippen molar-refractivity contribution in [3.05, 3.63) is 0 Å². The van der Waals surface area contributed by atoms with Crippen LogP contribution in [0, 0.1) is 5.92 Å². The van der Waals surface area contributed by atoms with Crippen LogP contribution < -0.4 is 5.32 Å². The van der Waals surface area contributed by atoms with Gasteiger partial charge < -0.3 is 10.1 Å². The van der Waals surface area contributed by atoms with Crippen molar-refractivity contribution in [2.24, 2.45) is 5.92 Å². The van der Waals surface area contributed by atoms with Crippen LogP contribution in [0.5, 0.6) is 0 Å². The molecule has 1 saturated heterocycles. The van der Waals surface area contributed by atoms with Crippen LogP contribution in [0.25, 0.3) is 0 Å². The quantitative estimate of drug-likeness (QED) is 0.785. The van der Waals surface area contributed by atoms with Gasteiger partial charge in [0.2, 0.25) is 0 Å². The van der Waals surface area contributed by atoms with Crippen LogP contribution in [-0.4, -0.2) is 24.3 Å². The Kier molecular flexibility index (Phi) is 5.61. The summed E-state index contributed by atoms with van der Waals surface area (Å²) in [7, 11) is 0. The molecule has 1 atom stereocenters. The van der Waals surface area contributed by atoms with Gasteiger partial charge in [-0.05, 0) is 57.3 Å². The number of ether oxygens (including phenoxy) is 1. The molecule has 0 aromatic carbocycles. The third-order valence-electron chi connectivity index (χ3n) is 6.28. The van der Waals surface area contributed by atoms with E-state index in [-0.39, 0.29) is 0 Å². The zero-order valence-corrected chi connectivity index (χ0v) is 14.0. The van der Waals surface area contributed by atoms with Gasteiger partial charge >= 0.3 is 0 Å². The van der Waals surface area contributed by atoms with Crippen molar-refractivity contribution in [2.45, 2.75) is 108 Å². The molecule has 3 fully saturated rings. The van der Waals surface area contributed by atoms with Crippen LogP contribution in [0.2, 0.25) is 0 Å². The molecule has 1 N–H and O–H groups in total. The predicted molar refractivity (Wildman–Crippen MR) is 88.6 cm³/mol. The fourth-order valence-electron chi connectivity index (χ4n) is 4.96. The lowest BCUT2D eigenvalue weighted by atomic mass is 9.83. The Labute approximate surface area is 131 Å². The van der Waals surface area contributed by atoms with Crippen LogP contribution in [0.1, 0.15) is 90.4 Å². The van der Waals surface area contributed by atoms with Gasteiger partial charge in [0.25, 0.3) is 0 Å². The molecule has 3 rings (SSSR count). The molecule has 2 aliphatic carbocycles. The molecule has 0 radical (unpaired) electrons. The highest BCUT2D eigenvalue weighted by molar-refractivity contribution is 4.92. The maximum absolute atomic E-state index is 6.48. The number of hydrogen-bond donors (Lipinski definition) is 1. The largest absolute Gasteiger partial charge is 0.370 e. The van der Waals surface area contributed by atoms with Gasteiger partial charge in [-0.25, -0.2) is 0 Å². The standard InChI is InChI=1S/C19H35NO/c1-2-6-16-7-9-17(10-8-16)20-15-18-11-14-19(21-18)12-4-3-5-13-19/h16-18,20H,2-15H2,1H3. The topological polar surface area (TPSA) is 21.3 Å². The lowest BCUT2D eigenvalue weighted by molar-refractivity contribution is -0.0632. The molecule has 2 heteroatoms. The molecule has 1 heterocycles. The first-order valence-corrected chi connectivity index (χ1v) is 9.71. The first-order chi connectivity index (χ1) is 10.3. The molecule has 0 bridgehead atoms. The van der Waals surface area contributed by atoms with Crippen LogP contribution >= 0.6 is 0 Å². The Morgan fingerprint density at radius 1 is 0.952 bits per heavy atom. The van der Waals surface area contributed by atoms with E-state index in [4.69, 9.17) is 4.74 Å². The average Bonchev–Trinajstić information content (AvgIpc) is 2.90. The van der Waals surface area contributed by atoms with E-state index in [2.05, 4.69) is 12.2 Å². The van der Waals surface area contributed by atoms with E-state index >= 15 is 0 Å². The van der Waals surface area contributed by atoms with E-state index in [0.717, 1.165) is 18.5 Å². The van der Waals surface area contributed by atoms with E-state index in [9.17, 15) is 0 Å². The SMILES string of the molecule is CCCC1CCC(NCC2CCC3(CCCCC3)O2)CC1. The van der Waals surface area contributed by atoms with Crippen LogP contribution in [0.3, 0.4) is 0 Å². The molecule has 2 nitrogen and oxygen atoms in total. The number of nitrogens with one attached hydrogen (secondary N) is 1. The molecular formula is C19H35NO. The van der Waals surface area contributed by atoms with E-state index < -0.39 is 0 Å². The van der Waals surface area contributed by atoms with Gasteiger partial charge in [-0.3, -0.25) is 0 Å². The van der Waals surface area contributed by atoms with Crippen molar-refractivity contribution < 1.29 is 4.74 Å². The molecule has 0 amide bonds. The average molecular weight is 293 g/mol. The van der Waals surface area contributed by atoms with Gasteiger partial charge in [0.05, 0.1) is 11.7 Å². The molecule has 3 aliphatic rings. The molecule has 21 heavy (non-hydrogen) atoms. The zero-order chi connectivity index (χ0) is 14.5. The summed E-state index contributed by atoms with van der Waals surface area (Å²) in [5.74, 6) is 1.02. The van der Waals surface area contributed by atoms with E-state index in [1.54, 1.807) is 0 Å². The number of rotatable bonds is 5. The van der Waals surface area contributed by atoms with Crippen molar-refractivity contribution in [1.82, 2.24) is 5.32 Å². The third kappa shape index (κ3) is 4.22. The Bertz CT molecular complexity index is 303. The van der Waals surface area contributed by atoms with Crippen molar-refractivity contribution in [2.75, 3.05) is 6.54 Å². The third-order valence-corrected chi connectivity index (χ3v) is 6.28. The summed E-state index contributed by atoms with van der Waals surface area (Å²) in [4.78, 5) is 0. The van der Waals surface area contributed by atoms with E-state index in [0.29, 0.717) is 11.7 Å². The molecule has 1 unspecified atom stereocenters. The fraction of sp³-hybridized carbons (Fsp3) is 1.00. The monoisotopic (exact) mass is 293 g/mol. The summed E-state index contributed by atoms with van der Waals surface area (Å²) < 4.78 is 6.48. The first kappa shape index (κ1) is 15.8. The summed E-state index contributed by atoms with van der Waals surface area (Å²) in [6.45, 7) is 3.42. The van der Waals surface area contributed by atoms with Crippen molar-refractivity contribution in [3.8, 4) is 0 Å². The van der Waals surface area contributed by atoms with Crippen LogP contribution in [-0.2, 0) is 4.74 Å². The van der Waals surface area contributed by atoms with Gasteiger partial charge in [0.15, 0.2) is 0 Å². The van der Waals surface area contributed by atoms with E-state index in [1.165, 1.54) is 83.5 Å². The maximum atomic E-state index is 6.48. The molecule has 0 aromatic heterocycles. The van der Waals surface area contributed by atoms with Crippen molar-refractivity contribution in [1.29, 1.82) is 0 Å². The second-order valence-electron chi connectivity index (χ2n) is 7.94. The van der Waals surface area contributed by atoms with Gasteiger partial charge in [-0.1, -0.05) is 39.0 Å². The first-order valence-electron chi connectivity index (χ1n) is 9.71. The predicted octanol–water partition coefficient (Wildman–Crippen LogP) is 4.82. The Morgan fingerprint density at radius 3 is 2.43 bits per heavy atom. The smallest absolute Gasteiger partial charge is 0.0708 e. The van der Waals surface area contributed by atoms with Crippen LogP contribution in [0.15, 0.2) is 0 Å². The zero-order valence-electron chi connectivity index (χ0n) is 14.0. The van der Waals surface area contributed by atoms with Gasteiger partial charge in [-0.15, -0.1) is 0 Å². The Balaban J connectivity index is 1.35. The summed E-state index contributed by atoms with van der Waals surface area (Å²) in [5.41, 5.74) is 0.295. The Morgan fingerprint density at radius 2 is 1.71 bits per heavy atom. The van der Waals surface area contributed by atoms with E-state index in [1.807, 2.05) is 0 Å². The second-order valence-corrected chi connectivity index (χ2v) is 7.94. The fourth-order valence-corrected chi connectivity index (χ4v) is 4.96. The highest BCUT2D eigenvalue weighted by atomic mass is 16.5. The minimum atomic E-state index is 0.295. The molecule has 1 spiro atoms. The molecule has 122 valence electrons. The summed E-state index contributed by atoms with van der Waals surface area (Å²) in [6.07, 6.45) is 18.4. The number of hydrogen-bond acceptors (Lipinski definition) is 2. The minimum Gasteiger partial charge on any atom is -0.370 e. The summed E-state index contributed by atoms with van der Waals surface area (Å²) in [6, 6.07) is 0.768. The lowest BCUT2D eigenvalue weighted by Crippen LogP contribution is -2.39. The summed E-state index contributed by atoms with van der Waals surface area (Å²) >= 11 is 0.